The fourth-order valence-corrected chi connectivity index (χ4v) is 4.24. The van der Waals surface area contributed by atoms with Gasteiger partial charge in [0.05, 0.1) is 13.0 Å². The Labute approximate surface area is 138 Å². The van der Waals surface area contributed by atoms with Crippen molar-refractivity contribution in [2.24, 2.45) is 0 Å². The molecule has 3 aliphatic heterocycles. The third-order valence-electron chi connectivity index (χ3n) is 5.47. The Balaban J connectivity index is 1.39. The first-order chi connectivity index (χ1) is 11.3. The molecule has 0 bridgehead atoms. The van der Waals surface area contributed by atoms with Crippen LogP contribution in [0.25, 0.3) is 0 Å². The highest BCUT2D eigenvalue weighted by atomic mass is 16.5. The minimum absolute atomic E-state index is 0.297. The quantitative estimate of drug-likeness (QED) is 0.854. The van der Waals surface area contributed by atoms with Crippen LogP contribution in [0.15, 0.2) is 18.2 Å². The molecule has 0 saturated carbocycles. The molecule has 1 atom stereocenters. The average molecular weight is 314 g/mol. The molecule has 4 rings (SSSR count). The van der Waals surface area contributed by atoms with Gasteiger partial charge in [0.15, 0.2) is 0 Å². The summed E-state index contributed by atoms with van der Waals surface area (Å²) in [5.41, 5.74) is 2.39. The first-order valence-corrected chi connectivity index (χ1v) is 9.06. The van der Waals surface area contributed by atoms with Gasteiger partial charge in [-0.05, 0) is 56.0 Å². The maximum atomic E-state index is 12.8. The predicted molar refractivity (Wildman–Crippen MR) is 89.8 cm³/mol. The molecule has 0 aromatic heterocycles. The monoisotopic (exact) mass is 314 g/mol. The lowest BCUT2D eigenvalue weighted by atomic mass is 10.1. The number of hydrogen-bond acceptors (Lipinski definition) is 3. The Bertz CT molecular complexity index is 581. The van der Waals surface area contributed by atoms with Crippen molar-refractivity contribution in [3.05, 3.63) is 29.3 Å². The van der Waals surface area contributed by atoms with Gasteiger partial charge in [0.2, 0.25) is 5.91 Å². The molecule has 0 aliphatic carbocycles. The van der Waals surface area contributed by atoms with E-state index in [9.17, 15) is 4.79 Å². The lowest BCUT2D eigenvalue weighted by molar-refractivity contribution is -0.131. The number of benzene rings is 1. The van der Waals surface area contributed by atoms with Crippen LogP contribution in [0.2, 0.25) is 0 Å². The molecule has 2 fully saturated rings. The van der Waals surface area contributed by atoms with Gasteiger partial charge in [0, 0.05) is 25.6 Å². The number of ether oxygens (including phenoxy) is 1. The predicted octanol–water partition coefficient (Wildman–Crippen LogP) is 2.25. The Morgan fingerprint density at radius 3 is 2.91 bits per heavy atom. The third kappa shape index (κ3) is 3.23. The summed E-state index contributed by atoms with van der Waals surface area (Å²) in [6.07, 6.45) is 6.46. The number of carbonyl (C=O) groups excluding carboxylic acids is 1. The lowest BCUT2D eigenvalue weighted by Gasteiger charge is -2.28. The van der Waals surface area contributed by atoms with E-state index in [4.69, 9.17) is 4.74 Å². The number of amides is 1. The lowest BCUT2D eigenvalue weighted by Crippen LogP contribution is -2.43. The van der Waals surface area contributed by atoms with Gasteiger partial charge in [-0.15, -0.1) is 0 Å². The molecule has 1 amide bonds. The van der Waals surface area contributed by atoms with Gasteiger partial charge < -0.3 is 14.5 Å². The fraction of sp³-hybridized carbons (Fsp3) is 0.632. The molecule has 0 radical (unpaired) electrons. The summed E-state index contributed by atoms with van der Waals surface area (Å²) in [5.74, 6) is 1.29. The average Bonchev–Trinajstić information content (AvgIpc) is 3.28. The van der Waals surface area contributed by atoms with E-state index in [1.54, 1.807) is 0 Å². The molecule has 3 heterocycles. The van der Waals surface area contributed by atoms with Crippen molar-refractivity contribution in [2.75, 3.05) is 32.8 Å². The van der Waals surface area contributed by atoms with E-state index in [0.717, 1.165) is 43.9 Å². The van der Waals surface area contributed by atoms with E-state index in [1.165, 1.54) is 37.9 Å². The molecule has 1 aromatic rings. The molecule has 0 unspecified atom stereocenters. The second-order valence-electron chi connectivity index (χ2n) is 7.11. The zero-order valence-corrected chi connectivity index (χ0v) is 13.8. The van der Waals surface area contributed by atoms with Crippen molar-refractivity contribution < 1.29 is 9.53 Å². The Hall–Kier alpha value is -1.55. The highest BCUT2D eigenvalue weighted by Crippen LogP contribution is 2.27. The van der Waals surface area contributed by atoms with Crippen LogP contribution in [0.4, 0.5) is 0 Å². The summed E-state index contributed by atoms with van der Waals surface area (Å²) in [6, 6.07) is 6.66. The second kappa shape index (κ2) is 6.52. The molecule has 23 heavy (non-hydrogen) atoms. The molecule has 2 saturated heterocycles. The number of hydrogen-bond donors (Lipinski definition) is 0. The molecule has 4 nitrogen and oxygen atoms in total. The zero-order chi connectivity index (χ0) is 15.6. The highest BCUT2D eigenvalue weighted by molar-refractivity contribution is 5.79. The molecular weight excluding hydrogens is 288 g/mol. The van der Waals surface area contributed by atoms with Crippen molar-refractivity contribution in [3.8, 4) is 5.75 Å². The van der Waals surface area contributed by atoms with Crippen LogP contribution in [0.5, 0.6) is 5.75 Å². The first kappa shape index (κ1) is 15.0. The van der Waals surface area contributed by atoms with Crippen molar-refractivity contribution in [1.82, 2.24) is 9.80 Å². The van der Waals surface area contributed by atoms with E-state index in [2.05, 4.69) is 15.9 Å². The van der Waals surface area contributed by atoms with Gasteiger partial charge in [-0.25, -0.2) is 0 Å². The second-order valence-corrected chi connectivity index (χ2v) is 7.11. The molecular formula is C19H26N2O2. The molecule has 1 aromatic carbocycles. The number of rotatable bonds is 4. The first-order valence-electron chi connectivity index (χ1n) is 9.06. The maximum absolute atomic E-state index is 12.8. The van der Waals surface area contributed by atoms with Crippen LogP contribution in [0.3, 0.4) is 0 Å². The van der Waals surface area contributed by atoms with Crippen LogP contribution in [0.1, 0.15) is 36.8 Å². The van der Waals surface area contributed by atoms with E-state index in [0.29, 0.717) is 18.4 Å². The van der Waals surface area contributed by atoms with Gasteiger partial charge in [0.1, 0.15) is 5.75 Å². The topological polar surface area (TPSA) is 32.8 Å². The summed E-state index contributed by atoms with van der Waals surface area (Å²) in [6.45, 7) is 5.21. The van der Waals surface area contributed by atoms with Crippen LogP contribution in [0, 0.1) is 0 Å². The van der Waals surface area contributed by atoms with E-state index >= 15 is 0 Å². The summed E-state index contributed by atoms with van der Waals surface area (Å²) in [5, 5.41) is 0. The molecule has 124 valence electrons. The van der Waals surface area contributed by atoms with Crippen molar-refractivity contribution in [2.45, 2.75) is 44.6 Å². The van der Waals surface area contributed by atoms with Crippen LogP contribution in [-0.2, 0) is 17.6 Å². The SMILES string of the molecule is O=C(Cc1ccc2c(c1)CCO2)N1CCC[C@H]1CN1CCCC1. The maximum Gasteiger partial charge on any atom is 0.227 e. The van der Waals surface area contributed by atoms with Gasteiger partial charge in [-0.1, -0.05) is 12.1 Å². The summed E-state index contributed by atoms with van der Waals surface area (Å²) in [7, 11) is 0. The Morgan fingerprint density at radius 1 is 1.17 bits per heavy atom. The minimum atomic E-state index is 0.297. The smallest absolute Gasteiger partial charge is 0.227 e. The van der Waals surface area contributed by atoms with Crippen molar-refractivity contribution in [1.29, 1.82) is 0 Å². The number of nitrogens with zero attached hydrogens (tertiary/aromatic N) is 2. The van der Waals surface area contributed by atoms with Crippen LogP contribution < -0.4 is 4.74 Å². The van der Waals surface area contributed by atoms with E-state index < -0.39 is 0 Å². The Kier molecular flexibility index (Phi) is 4.25. The summed E-state index contributed by atoms with van der Waals surface area (Å²) in [4.78, 5) is 17.4. The standard InChI is InChI=1S/C19H26N2O2/c22-19(13-15-5-6-18-16(12-15)7-11-23-18)21-10-3-4-17(21)14-20-8-1-2-9-20/h5-6,12,17H,1-4,7-11,13-14H2/t17-/m0/s1. The van der Waals surface area contributed by atoms with Crippen LogP contribution in [-0.4, -0.2) is 54.5 Å². The minimum Gasteiger partial charge on any atom is -0.493 e. The molecule has 0 N–H and O–H groups in total. The van der Waals surface area contributed by atoms with Gasteiger partial charge in [-0.3, -0.25) is 4.79 Å². The van der Waals surface area contributed by atoms with Crippen molar-refractivity contribution in [3.63, 3.8) is 0 Å². The molecule has 0 spiro atoms. The number of carbonyl (C=O) groups is 1. The Morgan fingerprint density at radius 2 is 2.04 bits per heavy atom. The highest BCUT2D eigenvalue weighted by Gasteiger charge is 2.30. The third-order valence-corrected chi connectivity index (χ3v) is 5.47. The molecule has 4 heteroatoms. The fourth-order valence-electron chi connectivity index (χ4n) is 4.24. The molecule has 3 aliphatic rings. The van der Waals surface area contributed by atoms with Crippen molar-refractivity contribution >= 4 is 5.91 Å². The van der Waals surface area contributed by atoms with E-state index in [1.807, 2.05) is 12.1 Å². The normalized spacial score (nSPS) is 24.0. The number of fused-ring (bicyclic) bond motifs is 1. The zero-order valence-electron chi connectivity index (χ0n) is 13.8. The number of likely N-dealkylation sites (tertiary alicyclic amines) is 2. The van der Waals surface area contributed by atoms with E-state index in [-0.39, 0.29) is 0 Å². The van der Waals surface area contributed by atoms with Gasteiger partial charge >= 0.3 is 0 Å². The summed E-state index contributed by atoms with van der Waals surface area (Å²) < 4.78 is 5.55. The summed E-state index contributed by atoms with van der Waals surface area (Å²) >= 11 is 0. The largest absolute Gasteiger partial charge is 0.493 e. The van der Waals surface area contributed by atoms with Crippen LogP contribution >= 0.6 is 0 Å². The van der Waals surface area contributed by atoms with Gasteiger partial charge in [0.25, 0.3) is 0 Å². The van der Waals surface area contributed by atoms with Gasteiger partial charge in [-0.2, -0.15) is 0 Å².